The van der Waals surface area contributed by atoms with Crippen LogP contribution in [-0.4, -0.2) is 12.7 Å². The third-order valence-electron chi connectivity index (χ3n) is 1.97. The van der Waals surface area contributed by atoms with E-state index in [0.717, 1.165) is 5.56 Å². The van der Waals surface area contributed by atoms with Crippen molar-refractivity contribution in [1.29, 1.82) is 0 Å². The van der Waals surface area contributed by atoms with Crippen LogP contribution in [0, 0.1) is 0 Å². The monoisotopic (exact) mass is 205 g/mol. The molecule has 1 aromatic carbocycles. The van der Waals surface area contributed by atoms with Crippen LogP contribution in [0.15, 0.2) is 43.0 Å². The van der Waals surface area contributed by atoms with E-state index in [1.54, 1.807) is 0 Å². The highest BCUT2D eigenvalue weighted by atomic mass is 16.5. The molecule has 0 aliphatic rings. The summed E-state index contributed by atoms with van der Waals surface area (Å²) in [5, 5.41) is 2.72. The number of hydrogen-bond acceptors (Lipinski definition) is 2. The number of ether oxygens (including phenoxy) is 1. The summed E-state index contributed by atoms with van der Waals surface area (Å²) in [6.07, 6.45) is 1.11. The van der Waals surface area contributed by atoms with Crippen LogP contribution in [-0.2, 0) is 4.74 Å². The van der Waals surface area contributed by atoms with Crippen molar-refractivity contribution in [2.75, 3.05) is 6.61 Å². The van der Waals surface area contributed by atoms with Crippen molar-refractivity contribution in [3.63, 3.8) is 0 Å². The number of benzene rings is 1. The third kappa shape index (κ3) is 3.85. The molecule has 0 radical (unpaired) electrons. The molecule has 1 unspecified atom stereocenters. The summed E-state index contributed by atoms with van der Waals surface area (Å²) in [6, 6.07) is 9.66. The first-order valence-corrected chi connectivity index (χ1v) is 4.83. The predicted octanol–water partition coefficient (Wildman–Crippen LogP) is 2.66. The maximum absolute atomic E-state index is 11.2. The lowest BCUT2D eigenvalue weighted by atomic mass is 10.1. The van der Waals surface area contributed by atoms with Crippen molar-refractivity contribution in [3.05, 3.63) is 48.6 Å². The van der Waals surface area contributed by atoms with Crippen LogP contribution >= 0.6 is 0 Å². The summed E-state index contributed by atoms with van der Waals surface area (Å²) in [5.41, 5.74) is 1.05. The van der Waals surface area contributed by atoms with Crippen molar-refractivity contribution >= 4 is 6.09 Å². The Morgan fingerprint density at radius 1 is 1.53 bits per heavy atom. The van der Waals surface area contributed by atoms with Gasteiger partial charge in [-0.3, -0.25) is 0 Å². The van der Waals surface area contributed by atoms with Gasteiger partial charge in [-0.05, 0) is 12.5 Å². The van der Waals surface area contributed by atoms with Gasteiger partial charge in [-0.2, -0.15) is 0 Å². The number of rotatable bonds is 4. The number of hydrogen-bond donors (Lipinski definition) is 1. The molecule has 0 fully saturated rings. The van der Waals surface area contributed by atoms with Gasteiger partial charge in [0.25, 0.3) is 0 Å². The number of alkyl carbamates (subject to hydrolysis) is 1. The van der Waals surface area contributed by atoms with Crippen molar-refractivity contribution in [1.82, 2.24) is 5.32 Å². The fourth-order valence-corrected chi connectivity index (χ4v) is 1.18. The van der Waals surface area contributed by atoms with Gasteiger partial charge in [-0.15, -0.1) is 0 Å². The van der Waals surface area contributed by atoms with Crippen molar-refractivity contribution in [2.24, 2.45) is 0 Å². The fourth-order valence-electron chi connectivity index (χ4n) is 1.18. The zero-order chi connectivity index (χ0) is 11.1. The first kappa shape index (κ1) is 11.3. The quantitative estimate of drug-likeness (QED) is 0.767. The maximum atomic E-state index is 11.2. The lowest BCUT2D eigenvalue weighted by Gasteiger charge is -2.13. The first-order chi connectivity index (χ1) is 7.24. The molecule has 1 atom stereocenters. The molecular weight excluding hydrogens is 190 g/mol. The second-order valence-corrected chi connectivity index (χ2v) is 3.16. The van der Waals surface area contributed by atoms with E-state index in [2.05, 4.69) is 11.9 Å². The Kier molecular flexibility index (Phi) is 4.41. The van der Waals surface area contributed by atoms with Gasteiger partial charge in [0.05, 0.1) is 6.04 Å². The van der Waals surface area contributed by atoms with Crippen LogP contribution in [0.2, 0.25) is 0 Å². The molecule has 3 heteroatoms. The fraction of sp³-hybridized carbons (Fsp3) is 0.250. The molecule has 0 aromatic heterocycles. The molecule has 0 saturated carbocycles. The maximum Gasteiger partial charge on any atom is 0.407 e. The van der Waals surface area contributed by atoms with E-state index >= 15 is 0 Å². The minimum atomic E-state index is -0.425. The largest absolute Gasteiger partial charge is 0.445 e. The molecule has 3 nitrogen and oxygen atoms in total. The lowest BCUT2D eigenvalue weighted by molar-refractivity contribution is 0.155. The van der Waals surface area contributed by atoms with Crippen LogP contribution in [0.1, 0.15) is 18.5 Å². The number of nitrogens with one attached hydrogen (secondary N) is 1. The molecular formula is C12H15NO2. The van der Waals surface area contributed by atoms with Gasteiger partial charge in [0.15, 0.2) is 0 Å². The zero-order valence-corrected chi connectivity index (χ0v) is 8.77. The molecule has 0 heterocycles. The summed E-state index contributed by atoms with van der Waals surface area (Å²) < 4.78 is 4.82. The van der Waals surface area contributed by atoms with Crippen LogP contribution in [0.4, 0.5) is 4.79 Å². The Labute approximate surface area is 89.8 Å². The van der Waals surface area contributed by atoms with Gasteiger partial charge in [0.2, 0.25) is 0 Å². The SMILES string of the molecule is C=CCOC(=O)NC(C)c1ccccc1. The standard InChI is InChI=1S/C12H15NO2/c1-3-9-15-12(14)13-10(2)11-7-5-4-6-8-11/h3-8,10H,1,9H2,2H3,(H,13,14). The minimum absolute atomic E-state index is 0.0523. The van der Waals surface area contributed by atoms with Gasteiger partial charge in [-0.1, -0.05) is 43.0 Å². The van der Waals surface area contributed by atoms with Crippen LogP contribution in [0.25, 0.3) is 0 Å². The number of amides is 1. The summed E-state index contributed by atoms with van der Waals surface area (Å²) in [7, 11) is 0. The summed E-state index contributed by atoms with van der Waals surface area (Å²) in [4.78, 5) is 11.2. The Hall–Kier alpha value is -1.77. The predicted molar refractivity (Wildman–Crippen MR) is 59.5 cm³/mol. The van der Waals surface area contributed by atoms with Crippen molar-refractivity contribution in [3.8, 4) is 0 Å². The van der Waals surface area contributed by atoms with E-state index in [0.29, 0.717) is 0 Å². The second-order valence-electron chi connectivity index (χ2n) is 3.16. The van der Waals surface area contributed by atoms with Gasteiger partial charge in [0.1, 0.15) is 6.61 Å². The highest BCUT2D eigenvalue weighted by Gasteiger charge is 2.08. The smallest absolute Gasteiger partial charge is 0.407 e. The average Bonchev–Trinajstić information content (AvgIpc) is 2.27. The van der Waals surface area contributed by atoms with E-state index in [1.165, 1.54) is 6.08 Å². The molecule has 0 aliphatic heterocycles. The van der Waals surface area contributed by atoms with E-state index in [4.69, 9.17) is 4.74 Å². The Bertz CT molecular complexity index is 322. The molecule has 1 amide bonds. The second kappa shape index (κ2) is 5.86. The van der Waals surface area contributed by atoms with Gasteiger partial charge >= 0.3 is 6.09 Å². The number of carbonyl (C=O) groups is 1. The molecule has 80 valence electrons. The Morgan fingerprint density at radius 2 is 2.20 bits per heavy atom. The van der Waals surface area contributed by atoms with Crippen LogP contribution < -0.4 is 5.32 Å². The van der Waals surface area contributed by atoms with Gasteiger partial charge < -0.3 is 10.1 Å². The molecule has 15 heavy (non-hydrogen) atoms. The lowest BCUT2D eigenvalue weighted by Crippen LogP contribution is -2.27. The summed E-state index contributed by atoms with van der Waals surface area (Å²) in [5.74, 6) is 0. The molecule has 0 aliphatic carbocycles. The van der Waals surface area contributed by atoms with Crippen LogP contribution in [0.5, 0.6) is 0 Å². The van der Waals surface area contributed by atoms with Crippen molar-refractivity contribution in [2.45, 2.75) is 13.0 Å². The van der Waals surface area contributed by atoms with E-state index in [1.807, 2.05) is 37.3 Å². The Morgan fingerprint density at radius 3 is 2.80 bits per heavy atom. The minimum Gasteiger partial charge on any atom is -0.445 e. The summed E-state index contributed by atoms with van der Waals surface area (Å²) in [6.45, 7) is 5.60. The zero-order valence-electron chi connectivity index (χ0n) is 8.77. The molecule has 0 bridgehead atoms. The topological polar surface area (TPSA) is 38.3 Å². The van der Waals surface area contributed by atoms with E-state index in [-0.39, 0.29) is 12.6 Å². The summed E-state index contributed by atoms with van der Waals surface area (Å²) >= 11 is 0. The average molecular weight is 205 g/mol. The normalized spacial score (nSPS) is 11.5. The molecule has 0 spiro atoms. The first-order valence-electron chi connectivity index (χ1n) is 4.83. The van der Waals surface area contributed by atoms with E-state index < -0.39 is 6.09 Å². The highest BCUT2D eigenvalue weighted by Crippen LogP contribution is 2.10. The van der Waals surface area contributed by atoms with Crippen molar-refractivity contribution < 1.29 is 9.53 Å². The Balaban J connectivity index is 2.45. The third-order valence-corrected chi connectivity index (χ3v) is 1.97. The molecule has 0 saturated heterocycles. The van der Waals surface area contributed by atoms with Gasteiger partial charge in [0, 0.05) is 0 Å². The molecule has 1 rings (SSSR count). The molecule has 1 aromatic rings. The van der Waals surface area contributed by atoms with Crippen LogP contribution in [0.3, 0.4) is 0 Å². The van der Waals surface area contributed by atoms with E-state index in [9.17, 15) is 4.79 Å². The number of carbonyl (C=O) groups excluding carboxylic acids is 1. The van der Waals surface area contributed by atoms with Gasteiger partial charge in [-0.25, -0.2) is 4.79 Å². The molecule has 1 N–H and O–H groups in total. The highest BCUT2D eigenvalue weighted by molar-refractivity contribution is 5.67.